The first-order valence-electron chi connectivity index (χ1n) is 5.34. The maximum Gasteiger partial charge on any atom is 0.0879 e. The first-order valence-corrected chi connectivity index (χ1v) is 5.34. The van der Waals surface area contributed by atoms with E-state index in [2.05, 4.69) is 24.2 Å². The Morgan fingerprint density at radius 2 is 2.08 bits per heavy atom. The summed E-state index contributed by atoms with van der Waals surface area (Å²) in [5.74, 6) is 0. The fourth-order valence-electron chi connectivity index (χ4n) is 2.98. The Balaban J connectivity index is 1.76. The molecule has 0 amide bonds. The fraction of sp³-hybridized carbons (Fsp3) is 1.00. The number of morpholine rings is 1. The Bertz CT molecular complexity index is 223. The fourth-order valence-corrected chi connectivity index (χ4v) is 2.98. The quantitative estimate of drug-likeness (QED) is 0.544. The molecule has 0 aromatic carbocycles. The number of nitrogens with zero attached hydrogens (tertiary/aromatic N) is 1. The number of ether oxygens (including phenoxy) is 1. The van der Waals surface area contributed by atoms with Crippen molar-refractivity contribution in [1.29, 1.82) is 0 Å². The minimum atomic E-state index is 0.205. The average molecular weight is 182 g/mol. The van der Waals surface area contributed by atoms with Crippen LogP contribution in [-0.2, 0) is 4.74 Å². The summed E-state index contributed by atoms with van der Waals surface area (Å²) in [5.41, 5.74) is 0.205. The summed E-state index contributed by atoms with van der Waals surface area (Å²) >= 11 is 0. The summed E-state index contributed by atoms with van der Waals surface area (Å²) in [7, 11) is 2.20. The third kappa shape index (κ3) is 1.07. The number of fused-ring (bicyclic) bond motifs is 2. The van der Waals surface area contributed by atoms with Crippen molar-refractivity contribution in [2.75, 3.05) is 20.1 Å². The molecule has 0 saturated carbocycles. The monoisotopic (exact) mass is 182 g/mol. The standard InChI is InChI=1S/C10H18N2O/c1-7-8-9(11-8)10(13-7)3-5-12(2)6-4-10/h7-9,11H,3-6H2,1-2H3. The molecule has 74 valence electrons. The largest absolute Gasteiger partial charge is 0.369 e. The molecule has 1 N–H and O–H groups in total. The van der Waals surface area contributed by atoms with E-state index in [1.54, 1.807) is 0 Å². The molecule has 3 nitrogen and oxygen atoms in total. The van der Waals surface area contributed by atoms with E-state index in [0.29, 0.717) is 18.2 Å². The summed E-state index contributed by atoms with van der Waals surface area (Å²) in [6, 6.07) is 1.35. The average Bonchev–Trinajstić information content (AvgIpc) is 2.85. The lowest BCUT2D eigenvalue weighted by Gasteiger charge is -2.39. The van der Waals surface area contributed by atoms with E-state index in [9.17, 15) is 0 Å². The van der Waals surface area contributed by atoms with Gasteiger partial charge in [-0.1, -0.05) is 0 Å². The summed E-state index contributed by atoms with van der Waals surface area (Å²) in [5, 5.41) is 3.55. The van der Waals surface area contributed by atoms with Crippen molar-refractivity contribution >= 4 is 0 Å². The molecule has 3 atom stereocenters. The lowest BCUT2D eigenvalue weighted by Crippen LogP contribution is -2.48. The number of likely N-dealkylation sites (tertiary alicyclic amines) is 1. The van der Waals surface area contributed by atoms with E-state index in [1.165, 1.54) is 25.9 Å². The first kappa shape index (κ1) is 8.21. The van der Waals surface area contributed by atoms with Gasteiger partial charge in [-0.25, -0.2) is 0 Å². The van der Waals surface area contributed by atoms with Crippen LogP contribution in [0.5, 0.6) is 0 Å². The van der Waals surface area contributed by atoms with Crippen molar-refractivity contribution in [3.8, 4) is 0 Å². The van der Waals surface area contributed by atoms with Gasteiger partial charge in [-0.3, -0.25) is 0 Å². The minimum Gasteiger partial charge on any atom is -0.369 e. The van der Waals surface area contributed by atoms with E-state index in [-0.39, 0.29) is 5.60 Å². The zero-order valence-corrected chi connectivity index (χ0v) is 8.42. The zero-order valence-electron chi connectivity index (χ0n) is 8.42. The second-order valence-electron chi connectivity index (χ2n) is 4.86. The van der Waals surface area contributed by atoms with Crippen LogP contribution < -0.4 is 5.32 Å². The Morgan fingerprint density at radius 1 is 1.38 bits per heavy atom. The smallest absolute Gasteiger partial charge is 0.0879 e. The van der Waals surface area contributed by atoms with Crippen molar-refractivity contribution in [2.45, 2.75) is 43.6 Å². The van der Waals surface area contributed by atoms with Crippen LogP contribution >= 0.6 is 0 Å². The number of hydrogen-bond acceptors (Lipinski definition) is 3. The Hall–Kier alpha value is -0.120. The van der Waals surface area contributed by atoms with Gasteiger partial charge in [0, 0.05) is 13.1 Å². The molecule has 3 heterocycles. The van der Waals surface area contributed by atoms with Gasteiger partial charge in [0.05, 0.1) is 23.8 Å². The molecule has 1 spiro atoms. The van der Waals surface area contributed by atoms with Crippen molar-refractivity contribution in [2.24, 2.45) is 0 Å². The highest BCUT2D eigenvalue weighted by Crippen LogP contribution is 2.45. The zero-order chi connectivity index (χ0) is 9.05. The minimum absolute atomic E-state index is 0.205. The van der Waals surface area contributed by atoms with Gasteiger partial charge in [-0.05, 0) is 26.8 Å². The van der Waals surface area contributed by atoms with Gasteiger partial charge < -0.3 is 15.0 Å². The van der Waals surface area contributed by atoms with Crippen LogP contribution in [0, 0.1) is 0 Å². The molecule has 13 heavy (non-hydrogen) atoms. The van der Waals surface area contributed by atoms with Crippen LogP contribution in [0.2, 0.25) is 0 Å². The Labute approximate surface area is 79.4 Å². The molecule has 3 aliphatic heterocycles. The predicted molar refractivity (Wildman–Crippen MR) is 50.7 cm³/mol. The van der Waals surface area contributed by atoms with Gasteiger partial charge in [0.1, 0.15) is 0 Å². The highest BCUT2D eigenvalue weighted by atomic mass is 16.5. The molecule has 0 aromatic rings. The van der Waals surface area contributed by atoms with Crippen LogP contribution in [0.25, 0.3) is 0 Å². The normalized spacial score (nSPS) is 48.0. The van der Waals surface area contributed by atoms with Crippen LogP contribution in [0.3, 0.4) is 0 Å². The van der Waals surface area contributed by atoms with E-state index in [1.807, 2.05) is 0 Å². The van der Waals surface area contributed by atoms with E-state index < -0.39 is 0 Å². The number of hydrogen-bond donors (Lipinski definition) is 1. The van der Waals surface area contributed by atoms with Gasteiger partial charge in [0.25, 0.3) is 0 Å². The van der Waals surface area contributed by atoms with Gasteiger partial charge in [0.15, 0.2) is 0 Å². The molecule has 0 bridgehead atoms. The van der Waals surface area contributed by atoms with Crippen LogP contribution in [0.15, 0.2) is 0 Å². The Morgan fingerprint density at radius 3 is 2.54 bits per heavy atom. The van der Waals surface area contributed by atoms with E-state index in [0.717, 1.165) is 0 Å². The predicted octanol–water partition coefficient (Wildman–Crippen LogP) is 0.210. The van der Waals surface area contributed by atoms with Gasteiger partial charge >= 0.3 is 0 Å². The van der Waals surface area contributed by atoms with E-state index in [4.69, 9.17) is 4.74 Å². The molecular weight excluding hydrogens is 164 g/mol. The molecule has 0 aromatic heterocycles. The van der Waals surface area contributed by atoms with Crippen molar-refractivity contribution in [3.05, 3.63) is 0 Å². The SMILES string of the molecule is CC1OC2(CCN(C)CC2)C2NC12. The summed E-state index contributed by atoms with van der Waals surface area (Å²) in [6.45, 7) is 4.58. The molecule has 0 radical (unpaired) electrons. The highest BCUT2D eigenvalue weighted by Gasteiger charge is 2.62. The van der Waals surface area contributed by atoms with Crippen LogP contribution in [0.4, 0.5) is 0 Å². The van der Waals surface area contributed by atoms with Gasteiger partial charge in [-0.2, -0.15) is 0 Å². The lowest BCUT2D eigenvalue weighted by molar-refractivity contribution is -0.0857. The molecule has 3 unspecified atom stereocenters. The second-order valence-corrected chi connectivity index (χ2v) is 4.86. The summed E-state index contributed by atoms with van der Waals surface area (Å²) < 4.78 is 6.11. The second kappa shape index (κ2) is 2.47. The third-order valence-electron chi connectivity index (χ3n) is 3.95. The molecule has 0 aliphatic carbocycles. The number of piperidine rings is 1. The Kier molecular flexibility index (Phi) is 1.56. The van der Waals surface area contributed by atoms with Gasteiger partial charge in [0.2, 0.25) is 0 Å². The molecule has 3 heteroatoms. The molecular formula is C10H18N2O. The van der Waals surface area contributed by atoms with E-state index >= 15 is 0 Å². The number of nitrogens with one attached hydrogen (secondary N) is 1. The van der Waals surface area contributed by atoms with Crippen LogP contribution in [-0.4, -0.2) is 48.8 Å². The highest BCUT2D eigenvalue weighted by molar-refractivity contribution is 5.19. The molecule has 3 aliphatic rings. The lowest BCUT2D eigenvalue weighted by atomic mass is 9.88. The topological polar surface area (TPSA) is 34.4 Å². The summed E-state index contributed by atoms with van der Waals surface area (Å²) in [6.07, 6.45) is 2.86. The third-order valence-corrected chi connectivity index (χ3v) is 3.95. The summed E-state index contributed by atoms with van der Waals surface area (Å²) in [4.78, 5) is 2.40. The van der Waals surface area contributed by atoms with Gasteiger partial charge in [-0.15, -0.1) is 0 Å². The molecule has 3 rings (SSSR count). The van der Waals surface area contributed by atoms with Crippen LogP contribution in [0.1, 0.15) is 19.8 Å². The molecule has 3 fully saturated rings. The maximum absolute atomic E-state index is 6.11. The van der Waals surface area contributed by atoms with Crippen molar-refractivity contribution in [3.63, 3.8) is 0 Å². The first-order chi connectivity index (χ1) is 6.21. The maximum atomic E-state index is 6.11. The van der Waals surface area contributed by atoms with Crippen molar-refractivity contribution in [1.82, 2.24) is 10.2 Å². The molecule has 3 saturated heterocycles. The number of rotatable bonds is 0. The van der Waals surface area contributed by atoms with Crippen molar-refractivity contribution < 1.29 is 4.74 Å².